The largest absolute Gasteiger partial charge is 0.0949 e. The highest BCUT2D eigenvalue weighted by Crippen LogP contribution is 2.25. The third-order valence-corrected chi connectivity index (χ3v) is 4.06. The average molecular weight is 304 g/mol. The molecular formula is C23H28. The van der Waals surface area contributed by atoms with E-state index in [0.29, 0.717) is 0 Å². The molecule has 2 rings (SSSR count). The second kappa shape index (κ2) is 7.00. The van der Waals surface area contributed by atoms with Gasteiger partial charge in [0, 0.05) is 0 Å². The summed E-state index contributed by atoms with van der Waals surface area (Å²) in [5, 5.41) is 0. The van der Waals surface area contributed by atoms with Gasteiger partial charge in [0.2, 0.25) is 0 Å². The van der Waals surface area contributed by atoms with Crippen LogP contribution < -0.4 is 0 Å². The summed E-state index contributed by atoms with van der Waals surface area (Å²) in [7, 11) is 0. The summed E-state index contributed by atoms with van der Waals surface area (Å²) in [4.78, 5) is 0. The van der Waals surface area contributed by atoms with E-state index in [1.807, 2.05) is 0 Å². The Labute approximate surface area is 141 Å². The molecule has 2 aromatic carbocycles. The molecule has 0 saturated heterocycles. The third kappa shape index (κ3) is 4.96. The smallest absolute Gasteiger partial charge is 0.00231 e. The Balaban J connectivity index is 2.15. The van der Waals surface area contributed by atoms with Crippen LogP contribution in [0.25, 0.3) is 11.1 Å². The Bertz CT molecular complexity index is 706. The van der Waals surface area contributed by atoms with E-state index >= 15 is 0 Å². The number of rotatable bonds is 4. The lowest BCUT2D eigenvalue weighted by Crippen LogP contribution is -2.00. The highest BCUT2D eigenvalue weighted by molar-refractivity contribution is 5.70. The Kier molecular flexibility index (Phi) is 5.26. The molecule has 0 bridgehead atoms. The summed E-state index contributed by atoms with van der Waals surface area (Å²) in [6.45, 7) is 15.3. The first kappa shape index (κ1) is 17.3. The van der Waals surface area contributed by atoms with Crippen LogP contribution in [0.2, 0.25) is 0 Å². The van der Waals surface area contributed by atoms with E-state index in [2.05, 4.69) is 95.8 Å². The van der Waals surface area contributed by atoms with Gasteiger partial charge in [0.1, 0.15) is 0 Å². The lowest BCUT2D eigenvalue weighted by atomic mass is 9.90. The van der Waals surface area contributed by atoms with E-state index in [9.17, 15) is 0 Å². The minimum absolute atomic E-state index is 0.206. The molecule has 0 saturated carbocycles. The topological polar surface area (TPSA) is 0 Å². The van der Waals surface area contributed by atoms with E-state index in [4.69, 9.17) is 0 Å². The Morgan fingerprint density at radius 3 is 2.09 bits per heavy atom. The molecule has 0 atom stereocenters. The van der Waals surface area contributed by atoms with Crippen LogP contribution in [0, 0.1) is 12.3 Å². The Hall–Kier alpha value is -2.08. The molecule has 0 unspecified atom stereocenters. The fourth-order valence-corrected chi connectivity index (χ4v) is 2.84. The van der Waals surface area contributed by atoms with Crippen molar-refractivity contribution in [2.24, 2.45) is 5.41 Å². The van der Waals surface area contributed by atoms with Gasteiger partial charge < -0.3 is 0 Å². The van der Waals surface area contributed by atoms with Gasteiger partial charge >= 0.3 is 0 Å². The Morgan fingerprint density at radius 2 is 1.52 bits per heavy atom. The molecule has 120 valence electrons. The van der Waals surface area contributed by atoms with Crippen LogP contribution in [0.4, 0.5) is 0 Å². The monoisotopic (exact) mass is 304 g/mol. The van der Waals surface area contributed by atoms with Crippen LogP contribution in [0.3, 0.4) is 0 Å². The van der Waals surface area contributed by atoms with Crippen molar-refractivity contribution < 1.29 is 0 Å². The summed E-state index contributed by atoms with van der Waals surface area (Å²) in [6.07, 6.45) is 3.23. The van der Waals surface area contributed by atoms with Gasteiger partial charge in [-0.1, -0.05) is 82.0 Å². The number of aryl methyl sites for hydroxylation is 1. The van der Waals surface area contributed by atoms with Gasteiger partial charge in [-0.05, 0) is 59.1 Å². The fourth-order valence-electron chi connectivity index (χ4n) is 2.84. The first-order valence-electron chi connectivity index (χ1n) is 8.29. The van der Waals surface area contributed by atoms with Crippen LogP contribution in [0.1, 0.15) is 49.9 Å². The second-order valence-corrected chi connectivity index (χ2v) is 7.48. The maximum atomic E-state index is 4.28. The fraction of sp³-hybridized carbons (Fsp3) is 0.304. The van der Waals surface area contributed by atoms with Gasteiger partial charge in [-0.3, -0.25) is 0 Å². The molecule has 0 aliphatic rings. The molecule has 0 spiro atoms. The molecule has 0 radical (unpaired) electrons. The van der Waals surface area contributed by atoms with E-state index in [-0.39, 0.29) is 5.41 Å². The maximum absolute atomic E-state index is 4.28. The predicted molar refractivity (Wildman–Crippen MR) is 103 cm³/mol. The van der Waals surface area contributed by atoms with Gasteiger partial charge in [0.15, 0.2) is 0 Å². The zero-order valence-electron chi connectivity index (χ0n) is 15.1. The molecule has 0 aliphatic carbocycles. The zero-order chi connectivity index (χ0) is 17.0. The molecule has 0 aromatic heterocycles. The summed E-state index contributed by atoms with van der Waals surface area (Å²) in [6, 6.07) is 17.3. The second-order valence-electron chi connectivity index (χ2n) is 7.48. The first-order valence-corrected chi connectivity index (χ1v) is 8.29. The highest BCUT2D eigenvalue weighted by atomic mass is 14.1. The molecule has 0 amide bonds. The predicted octanol–water partition coefficient (Wildman–Crippen LogP) is 6.70. The van der Waals surface area contributed by atoms with Crippen molar-refractivity contribution in [3.8, 4) is 0 Å². The van der Waals surface area contributed by atoms with Crippen LogP contribution >= 0.6 is 0 Å². The molecule has 0 fully saturated rings. The van der Waals surface area contributed by atoms with Crippen LogP contribution in [-0.4, -0.2) is 0 Å². The van der Waals surface area contributed by atoms with E-state index in [0.717, 1.165) is 6.42 Å². The lowest BCUT2D eigenvalue weighted by Gasteiger charge is -2.15. The number of allylic oxidation sites excluding steroid dienone is 3. The molecule has 0 nitrogen and oxygen atoms in total. The average Bonchev–Trinajstić information content (AvgIpc) is 2.48. The van der Waals surface area contributed by atoms with Crippen molar-refractivity contribution in [2.45, 2.75) is 41.0 Å². The van der Waals surface area contributed by atoms with Crippen molar-refractivity contribution in [2.75, 3.05) is 0 Å². The van der Waals surface area contributed by atoms with Crippen molar-refractivity contribution in [3.05, 3.63) is 83.4 Å². The van der Waals surface area contributed by atoms with Gasteiger partial charge in [0.25, 0.3) is 0 Å². The van der Waals surface area contributed by atoms with E-state index < -0.39 is 0 Å². The molecule has 0 heteroatoms. The minimum atomic E-state index is 0.206. The van der Waals surface area contributed by atoms with Gasteiger partial charge in [-0.25, -0.2) is 0 Å². The quantitative estimate of drug-likeness (QED) is 0.589. The van der Waals surface area contributed by atoms with Crippen molar-refractivity contribution in [3.63, 3.8) is 0 Å². The van der Waals surface area contributed by atoms with E-state index in [1.165, 1.54) is 33.4 Å². The number of benzene rings is 2. The summed E-state index contributed by atoms with van der Waals surface area (Å²) in [5.41, 5.74) is 7.89. The third-order valence-electron chi connectivity index (χ3n) is 4.06. The van der Waals surface area contributed by atoms with Gasteiger partial charge in [0.05, 0.1) is 0 Å². The van der Waals surface area contributed by atoms with Crippen molar-refractivity contribution in [1.82, 2.24) is 0 Å². The van der Waals surface area contributed by atoms with E-state index in [1.54, 1.807) is 0 Å². The number of hydrogen-bond donors (Lipinski definition) is 0. The maximum Gasteiger partial charge on any atom is -0.00231 e. The van der Waals surface area contributed by atoms with Crippen molar-refractivity contribution >= 4 is 11.1 Å². The standard InChI is InChI=1S/C23H28/c1-17-9-7-8-10-22(17)15-18(2)20-11-13-21(14-12-20)19(3)16-23(4,5)6/h7-14,16H,2,15H2,1,3-6H3/b19-16+. The highest BCUT2D eigenvalue weighted by Gasteiger charge is 2.08. The Morgan fingerprint density at radius 1 is 0.957 bits per heavy atom. The minimum Gasteiger partial charge on any atom is -0.0949 e. The first-order chi connectivity index (χ1) is 10.8. The van der Waals surface area contributed by atoms with Crippen molar-refractivity contribution in [1.29, 1.82) is 0 Å². The summed E-state index contributed by atoms with van der Waals surface area (Å²) < 4.78 is 0. The molecular weight excluding hydrogens is 276 g/mol. The summed E-state index contributed by atoms with van der Waals surface area (Å²) >= 11 is 0. The normalized spacial score (nSPS) is 12.3. The van der Waals surface area contributed by atoms with Crippen LogP contribution in [-0.2, 0) is 6.42 Å². The molecule has 2 aromatic rings. The molecule has 0 aliphatic heterocycles. The van der Waals surface area contributed by atoms with Crippen LogP contribution in [0.5, 0.6) is 0 Å². The van der Waals surface area contributed by atoms with Gasteiger partial charge in [-0.2, -0.15) is 0 Å². The number of hydrogen-bond acceptors (Lipinski definition) is 0. The molecule has 0 N–H and O–H groups in total. The van der Waals surface area contributed by atoms with Gasteiger partial charge in [-0.15, -0.1) is 0 Å². The SMILES string of the molecule is C=C(Cc1ccccc1C)c1ccc(/C(C)=C/C(C)(C)C)cc1. The molecule has 0 heterocycles. The van der Waals surface area contributed by atoms with Crippen LogP contribution in [0.15, 0.2) is 61.2 Å². The summed E-state index contributed by atoms with van der Waals surface area (Å²) in [5.74, 6) is 0. The molecule has 23 heavy (non-hydrogen) atoms. The zero-order valence-corrected chi connectivity index (χ0v) is 15.1. The lowest BCUT2D eigenvalue weighted by molar-refractivity contribution is 0.545.